The van der Waals surface area contributed by atoms with Crippen LogP contribution in [0.15, 0.2) is 46.9 Å². The third-order valence-corrected chi connectivity index (χ3v) is 3.42. The van der Waals surface area contributed by atoms with Gasteiger partial charge in [0.15, 0.2) is 5.72 Å². The molecule has 6 nitrogen and oxygen atoms in total. The highest BCUT2D eigenvalue weighted by molar-refractivity contribution is 6.04. The highest BCUT2D eigenvalue weighted by Crippen LogP contribution is 2.31. The maximum Gasteiger partial charge on any atom is 0.314 e. The molecule has 3 rings (SSSR count). The second kappa shape index (κ2) is 4.76. The van der Waals surface area contributed by atoms with Crippen molar-refractivity contribution < 1.29 is 19.4 Å². The van der Waals surface area contributed by atoms with Crippen LogP contribution in [-0.2, 0) is 5.72 Å². The van der Waals surface area contributed by atoms with E-state index >= 15 is 0 Å². The number of carbonyl (C=O) groups is 1. The third kappa shape index (κ3) is 2.20. The number of benzene rings is 2. The van der Waals surface area contributed by atoms with Crippen molar-refractivity contribution >= 4 is 28.0 Å². The molecule has 1 unspecified atom stereocenters. The Bertz CT molecular complexity index is 827. The highest BCUT2D eigenvalue weighted by atomic mass is 16.4. The van der Waals surface area contributed by atoms with Gasteiger partial charge >= 0.3 is 6.03 Å². The fraction of sp³-hybridized carbons (Fsp3) is 0.133. The summed E-state index contributed by atoms with van der Waals surface area (Å²) in [6.07, 6.45) is 0. The predicted octanol–water partition coefficient (Wildman–Crippen LogP) is 1.39. The summed E-state index contributed by atoms with van der Waals surface area (Å²) >= 11 is 0. The van der Waals surface area contributed by atoms with Gasteiger partial charge in [-0.15, -0.1) is 0 Å². The van der Waals surface area contributed by atoms with E-state index in [0.717, 1.165) is 16.4 Å². The minimum atomic E-state index is -1.95. The Balaban J connectivity index is 2.16. The number of furan rings is 1. The van der Waals surface area contributed by atoms with E-state index in [-0.39, 0.29) is 5.56 Å². The van der Waals surface area contributed by atoms with Gasteiger partial charge in [0.1, 0.15) is 11.2 Å². The molecule has 2 aromatic carbocycles. The standard InChI is InChI=1S/C15H14N2O4/c16-14(19)17-15(20,8-18)9-5-6-11-10-3-1-2-4-12(10)21-13(11)7-9/h1-7,18,20H,8H2,(H3,16,17,19). The summed E-state index contributed by atoms with van der Waals surface area (Å²) in [4.78, 5) is 11.0. The minimum Gasteiger partial charge on any atom is -0.456 e. The number of para-hydroxylation sites is 1. The second-order valence-electron chi connectivity index (χ2n) is 4.82. The molecule has 6 heteroatoms. The van der Waals surface area contributed by atoms with Gasteiger partial charge in [0.2, 0.25) is 0 Å². The summed E-state index contributed by atoms with van der Waals surface area (Å²) in [6.45, 7) is -0.707. The number of amides is 2. The Morgan fingerprint density at radius 1 is 1.19 bits per heavy atom. The number of carbonyl (C=O) groups excluding carboxylic acids is 1. The van der Waals surface area contributed by atoms with E-state index in [1.807, 2.05) is 24.3 Å². The van der Waals surface area contributed by atoms with E-state index in [1.165, 1.54) is 0 Å². The van der Waals surface area contributed by atoms with Gasteiger partial charge in [-0.05, 0) is 12.1 Å². The molecular weight excluding hydrogens is 272 g/mol. The van der Waals surface area contributed by atoms with E-state index in [0.29, 0.717) is 5.58 Å². The molecule has 0 saturated carbocycles. The molecule has 0 spiro atoms. The summed E-state index contributed by atoms with van der Waals surface area (Å²) in [6, 6.07) is 11.6. The van der Waals surface area contributed by atoms with Crippen molar-refractivity contribution in [2.45, 2.75) is 5.72 Å². The minimum absolute atomic E-state index is 0.287. The van der Waals surface area contributed by atoms with E-state index in [2.05, 4.69) is 5.32 Å². The summed E-state index contributed by atoms with van der Waals surface area (Å²) in [5.74, 6) is 0. The summed E-state index contributed by atoms with van der Waals surface area (Å²) in [5.41, 5.74) is 4.63. The van der Waals surface area contributed by atoms with Crippen LogP contribution < -0.4 is 11.1 Å². The lowest BCUT2D eigenvalue weighted by molar-refractivity contribution is -0.0371. The number of fused-ring (bicyclic) bond motifs is 3. The zero-order chi connectivity index (χ0) is 15.0. The molecule has 0 aliphatic heterocycles. The fourth-order valence-corrected chi connectivity index (χ4v) is 2.39. The molecule has 3 aromatic rings. The number of hydrogen-bond acceptors (Lipinski definition) is 4. The van der Waals surface area contributed by atoms with Crippen molar-refractivity contribution in [3.05, 3.63) is 48.0 Å². The molecular formula is C15H14N2O4. The number of hydrogen-bond donors (Lipinski definition) is 4. The second-order valence-corrected chi connectivity index (χ2v) is 4.82. The Morgan fingerprint density at radius 2 is 1.90 bits per heavy atom. The van der Waals surface area contributed by atoms with Crippen LogP contribution in [-0.4, -0.2) is 22.9 Å². The van der Waals surface area contributed by atoms with Crippen LogP contribution in [0.3, 0.4) is 0 Å². The van der Waals surface area contributed by atoms with Gasteiger partial charge in [-0.3, -0.25) is 0 Å². The van der Waals surface area contributed by atoms with Crippen molar-refractivity contribution in [1.29, 1.82) is 0 Å². The first-order valence-electron chi connectivity index (χ1n) is 6.36. The molecule has 5 N–H and O–H groups in total. The highest BCUT2D eigenvalue weighted by Gasteiger charge is 2.30. The number of aliphatic hydroxyl groups excluding tert-OH is 1. The number of primary amides is 1. The van der Waals surface area contributed by atoms with Crippen molar-refractivity contribution in [3.63, 3.8) is 0 Å². The van der Waals surface area contributed by atoms with Crippen LogP contribution in [0.2, 0.25) is 0 Å². The topological polar surface area (TPSA) is 109 Å². The fourth-order valence-electron chi connectivity index (χ4n) is 2.39. The van der Waals surface area contributed by atoms with Crippen LogP contribution in [0, 0.1) is 0 Å². The smallest absolute Gasteiger partial charge is 0.314 e. The van der Waals surface area contributed by atoms with Crippen LogP contribution in [0.5, 0.6) is 0 Å². The zero-order valence-electron chi connectivity index (χ0n) is 11.0. The van der Waals surface area contributed by atoms with Gasteiger partial charge < -0.3 is 25.7 Å². The Kier molecular flexibility index (Phi) is 3.04. The first kappa shape index (κ1) is 13.4. The molecule has 0 bridgehead atoms. The average Bonchev–Trinajstić information content (AvgIpc) is 2.84. The van der Waals surface area contributed by atoms with Gasteiger partial charge in [0, 0.05) is 16.3 Å². The van der Waals surface area contributed by atoms with E-state index in [1.54, 1.807) is 18.2 Å². The predicted molar refractivity (Wildman–Crippen MR) is 77.4 cm³/mol. The molecule has 1 heterocycles. The molecule has 0 radical (unpaired) electrons. The SMILES string of the molecule is NC(=O)NC(O)(CO)c1ccc2c(c1)oc1ccccc12. The third-order valence-electron chi connectivity index (χ3n) is 3.42. The lowest BCUT2D eigenvalue weighted by Gasteiger charge is -2.26. The first-order valence-corrected chi connectivity index (χ1v) is 6.36. The molecule has 0 aliphatic rings. The quantitative estimate of drug-likeness (QED) is 0.545. The molecule has 1 atom stereocenters. The summed E-state index contributed by atoms with van der Waals surface area (Å²) in [5, 5.41) is 23.6. The van der Waals surface area contributed by atoms with Crippen molar-refractivity contribution in [2.75, 3.05) is 6.61 Å². The van der Waals surface area contributed by atoms with Crippen LogP contribution in [0.25, 0.3) is 21.9 Å². The Labute approximate surface area is 119 Å². The molecule has 0 saturated heterocycles. The molecule has 0 aliphatic carbocycles. The van der Waals surface area contributed by atoms with Gasteiger partial charge in [-0.25, -0.2) is 4.79 Å². The number of aliphatic hydroxyl groups is 2. The zero-order valence-corrected chi connectivity index (χ0v) is 11.0. The van der Waals surface area contributed by atoms with Crippen LogP contribution in [0.1, 0.15) is 5.56 Å². The normalized spacial score (nSPS) is 14.2. The molecule has 1 aromatic heterocycles. The Morgan fingerprint density at radius 3 is 2.62 bits per heavy atom. The summed E-state index contributed by atoms with van der Waals surface area (Å²) in [7, 11) is 0. The lowest BCUT2D eigenvalue weighted by Crippen LogP contribution is -2.50. The average molecular weight is 286 g/mol. The summed E-state index contributed by atoms with van der Waals surface area (Å²) < 4.78 is 5.70. The van der Waals surface area contributed by atoms with Gasteiger partial charge in [-0.2, -0.15) is 0 Å². The monoisotopic (exact) mass is 286 g/mol. The number of nitrogens with one attached hydrogen (secondary N) is 1. The molecule has 2 amide bonds. The van der Waals surface area contributed by atoms with Gasteiger partial charge in [0.05, 0.1) is 6.61 Å². The van der Waals surface area contributed by atoms with Gasteiger partial charge in [0.25, 0.3) is 0 Å². The maximum atomic E-state index is 11.0. The first-order chi connectivity index (χ1) is 10.0. The van der Waals surface area contributed by atoms with Crippen molar-refractivity contribution in [1.82, 2.24) is 5.32 Å². The van der Waals surface area contributed by atoms with Crippen LogP contribution >= 0.6 is 0 Å². The number of urea groups is 1. The number of nitrogens with two attached hydrogens (primary N) is 1. The Hall–Kier alpha value is -2.57. The van der Waals surface area contributed by atoms with E-state index < -0.39 is 18.4 Å². The van der Waals surface area contributed by atoms with Crippen molar-refractivity contribution in [2.24, 2.45) is 5.73 Å². The van der Waals surface area contributed by atoms with Gasteiger partial charge in [-0.1, -0.05) is 30.3 Å². The van der Waals surface area contributed by atoms with E-state index in [4.69, 9.17) is 10.2 Å². The lowest BCUT2D eigenvalue weighted by atomic mass is 10.0. The maximum absolute atomic E-state index is 11.0. The molecule has 0 fully saturated rings. The number of rotatable bonds is 3. The van der Waals surface area contributed by atoms with Crippen LogP contribution in [0.4, 0.5) is 4.79 Å². The van der Waals surface area contributed by atoms with Crippen molar-refractivity contribution in [3.8, 4) is 0 Å². The largest absolute Gasteiger partial charge is 0.456 e. The van der Waals surface area contributed by atoms with E-state index in [9.17, 15) is 15.0 Å². The molecule has 21 heavy (non-hydrogen) atoms. The molecule has 108 valence electrons.